The van der Waals surface area contributed by atoms with Crippen LogP contribution >= 0.6 is 11.6 Å². The summed E-state index contributed by atoms with van der Waals surface area (Å²) in [6.45, 7) is 4.63. The Hall–Kier alpha value is -3.02. The third-order valence-electron chi connectivity index (χ3n) is 5.38. The number of halogens is 1. The minimum Gasteiger partial charge on any atom is -0.493 e. The summed E-state index contributed by atoms with van der Waals surface area (Å²) in [6, 6.07) is 21.9. The van der Waals surface area contributed by atoms with Crippen LogP contribution in [0.15, 0.2) is 66.7 Å². The molecule has 1 atom stereocenters. The minimum atomic E-state index is -0.255. The number of nitrogens with one attached hydrogen (secondary N) is 2. The fraction of sp³-hybridized carbons (Fsp3) is 0.296. The molecular formula is C27H31ClN2O3. The van der Waals surface area contributed by atoms with Crippen LogP contribution in [0.1, 0.15) is 30.0 Å². The van der Waals surface area contributed by atoms with Crippen molar-refractivity contribution in [2.75, 3.05) is 19.0 Å². The lowest BCUT2D eigenvalue weighted by molar-refractivity contribution is -0.118. The van der Waals surface area contributed by atoms with Crippen LogP contribution in [0.2, 0.25) is 5.02 Å². The molecule has 0 aliphatic carbocycles. The Morgan fingerprint density at radius 2 is 1.76 bits per heavy atom. The van der Waals surface area contributed by atoms with Gasteiger partial charge in [0.05, 0.1) is 7.11 Å². The molecule has 1 unspecified atom stereocenters. The number of aryl methyl sites for hydroxylation is 2. The zero-order valence-electron chi connectivity index (χ0n) is 19.4. The van der Waals surface area contributed by atoms with Gasteiger partial charge < -0.3 is 20.1 Å². The average Bonchev–Trinajstić information content (AvgIpc) is 2.82. The van der Waals surface area contributed by atoms with Gasteiger partial charge in [0.1, 0.15) is 0 Å². The van der Waals surface area contributed by atoms with Gasteiger partial charge in [0.15, 0.2) is 18.1 Å². The van der Waals surface area contributed by atoms with E-state index in [9.17, 15) is 4.79 Å². The number of anilines is 1. The molecule has 0 fully saturated rings. The van der Waals surface area contributed by atoms with Crippen molar-refractivity contribution < 1.29 is 14.3 Å². The number of hydrogen-bond donors (Lipinski definition) is 2. The van der Waals surface area contributed by atoms with Gasteiger partial charge >= 0.3 is 0 Å². The molecule has 0 heterocycles. The van der Waals surface area contributed by atoms with Gasteiger partial charge in [-0.05, 0) is 56.0 Å². The number of methoxy groups -OCH3 is 1. The molecule has 0 saturated heterocycles. The van der Waals surface area contributed by atoms with Crippen molar-refractivity contribution in [3.05, 3.63) is 88.4 Å². The van der Waals surface area contributed by atoms with Gasteiger partial charge in [-0.1, -0.05) is 59.6 Å². The van der Waals surface area contributed by atoms with Crippen LogP contribution in [-0.2, 0) is 17.8 Å². The molecule has 0 spiro atoms. The van der Waals surface area contributed by atoms with Crippen LogP contribution in [-0.4, -0.2) is 25.7 Å². The van der Waals surface area contributed by atoms with E-state index in [4.69, 9.17) is 21.1 Å². The summed E-state index contributed by atoms with van der Waals surface area (Å²) < 4.78 is 11.2. The molecule has 5 nitrogen and oxygen atoms in total. The molecule has 6 heteroatoms. The molecule has 33 heavy (non-hydrogen) atoms. The summed E-state index contributed by atoms with van der Waals surface area (Å²) in [5, 5.41) is 6.89. The van der Waals surface area contributed by atoms with E-state index in [2.05, 4.69) is 41.8 Å². The van der Waals surface area contributed by atoms with E-state index in [1.807, 2.05) is 43.3 Å². The third kappa shape index (κ3) is 7.81. The molecule has 0 aliphatic heterocycles. The molecule has 0 aromatic heterocycles. The van der Waals surface area contributed by atoms with Crippen LogP contribution < -0.4 is 20.1 Å². The predicted octanol–water partition coefficient (Wildman–Crippen LogP) is 5.79. The van der Waals surface area contributed by atoms with Crippen molar-refractivity contribution in [2.24, 2.45) is 0 Å². The maximum atomic E-state index is 12.2. The van der Waals surface area contributed by atoms with Crippen LogP contribution in [0.5, 0.6) is 11.5 Å². The first kappa shape index (κ1) is 24.6. The van der Waals surface area contributed by atoms with Gasteiger partial charge in [-0.15, -0.1) is 0 Å². The monoisotopic (exact) mass is 466 g/mol. The highest BCUT2D eigenvalue weighted by molar-refractivity contribution is 6.31. The van der Waals surface area contributed by atoms with Gasteiger partial charge in [-0.2, -0.15) is 0 Å². The SMILES string of the molecule is COc1cc(CNC(C)CCc2ccccc2)c(Cl)cc1OCC(=O)Nc1ccc(C)cc1. The Morgan fingerprint density at radius 3 is 2.45 bits per heavy atom. The standard InChI is InChI=1S/C27H31ClN2O3/c1-19-9-13-23(14-10-19)30-27(31)18-33-26-16-24(28)22(15-25(26)32-3)17-29-20(2)11-12-21-7-5-4-6-8-21/h4-10,13-16,20,29H,11-12,17-18H2,1-3H3,(H,30,31). The van der Waals surface area contributed by atoms with Crippen molar-refractivity contribution in [1.29, 1.82) is 0 Å². The van der Waals surface area contributed by atoms with Gasteiger partial charge in [-0.3, -0.25) is 4.79 Å². The van der Waals surface area contributed by atoms with E-state index in [1.165, 1.54) is 5.56 Å². The van der Waals surface area contributed by atoms with Crippen molar-refractivity contribution in [3.8, 4) is 11.5 Å². The van der Waals surface area contributed by atoms with Crippen molar-refractivity contribution in [2.45, 2.75) is 39.3 Å². The van der Waals surface area contributed by atoms with Crippen LogP contribution in [0.3, 0.4) is 0 Å². The number of amides is 1. The molecular weight excluding hydrogens is 436 g/mol. The summed E-state index contributed by atoms with van der Waals surface area (Å²) in [7, 11) is 1.57. The van der Waals surface area contributed by atoms with Gasteiger partial charge in [0, 0.05) is 29.4 Å². The lowest BCUT2D eigenvalue weighted by Gasteiger charge is -2.17. The first-order valence-corrected chi connectivity index (χ1v) is 11.5. The number of carbonyl (C=O) groups is 1. The number of hydrogen-bond acceptors (Lipinski definition) is 4. The first-order valence-electron chi connectivity index (χ1n) is 11.1. The topological polar surface area (TPSA) is 59.6 Å². The zero-order valence-corrected chi connectivity index (χ0v) is 20.1. The Labute approximate surface area is 201 Å². The Bertz CT molecular complexity index is 1040. The number of benzene rings is 3. The minimum absolute atomic E-state index is 0.144. The molecule has 3 aromatic rings. The highest BCUT2D eigenvalue weighted by Crippen LogP contribution is 2.33. The summed E-state index contributed by atoms with van der Waals surface area (Å²) in [6.07, 6.45) is 2.04. The zero-order chi connectivity index (χ0) is 23.6. The smallest absolute Gasteiger partial charge is 0.262 e. The quantitative estimate of drug-likeness (QED) is 0.375. The second kappa shape index (κ2) is 12.3. The Balaban J connectivity index is 1.52. The fourth-order valence-corrected chi connectivity index (χ4v) is 3.60. The summed E-state index contributed by atoms with van der Waals surface area (Å²) in [5.41, 5.74) is 4.10. The molecule has 3 rings (SSSR count). The Morgan fingerprint density at radius 1 is 1.03 bits per heavy atom. The molecule has 0 bridgehead atoms. The molecule has 0 radical (unpaired) electrons. The average molecular weight is 467 g/mol. The Kier molecular flexibility index (Phi) is 9.16. The largest absolute Gasteiger partial charge is 0.493 e. The molecule has 1 amide bonds. The predicted molar refractivity (Wildman–Crippen MR) is 134 cm³/mol. The van der Waals surface area contributed by atoms with Crippen molar-refractivity contribution in [1.82, 2.24) is 5.32 Å². The van der Waals surface area contributed by atoms with E-state index >= 15 is 0 Å². The molecule has 174 valence electrons. The van der Waals surface area contributed by atoms with E-state index in [-0.39, 0.29) is 12.5 Å². The van der Waals surface area contributed by atoms with Gasteiger partial charge in [0.2, 0.25) is 0 Å². The first-order chi connectivity index (χ1) is 15.9. The maximum absolute atomic E-state index is 12.2. The van der Waals surface area contributed by atoms with Gasteiger partial charge in [-0.25, -0.2) is 0 Å². The van der Waals surface area contributed by atoms with Crippen molar-refractivity contribution in [3.63, 3.8) is 0 Å². The lowest BCUT2D eigenvalue weighted by atomic mass is 10.1. The summed E-state index contributed by atoms with van der Waals surface area (Å²) >= 11 is 6.50. The number of ether oxygens (including phenoxy) is 2. The van der Waals surface area contributed by atoms with Crippen LogP contribution in [0.25, 0.3) is 0 Å². The van der Waals surface area contributed by atoms with Crippen molar-refractivity contribution >= 4 is 23.2 Å². The summed E-state index contributed by atoms with van der Waals surface area (Å²) in [4.78, 5) is 12.2. The van der Waals surface area contributed by atoms with E-state index in [0.29, 0.717) is 29.1 Å². The number of rotatable bonds is 11. The molecule has 0 saturated carbocycles. The van der Waals surface area contributed by atoms with E-state index < -0.39 is 0 Å². The van der Waals surface area contributed by atoms with Crippen LogP contribution in [0, 0.1) is 6.92 Å². The highest BCUT2D eigenvalue weighted by Gasteiger charge is 2.13. The fourth-order valence-electron chi connectivity index (χ4n) is 3.38. The molecule has 0 aliphatic rings. The second-order valence-electron chi connectivity index (χ2n) is 8.10. The molecule has 3 aromatic carbocycles. The maximum Gasteiger partial charge on any atom is 0.262 e. The lowest BCUT2D eigenvalue weighted by Crippen LogP contribution is -2.26. The highest BCUT2D eigenvalue weighted by atomic mass is 35.5. The van der Waals surface area contributed by atoms with E-state index in [1.54, 1.807) is 13.2 Å². The van der Waals surface area contributed by atoms with Crippen LogP contribution in [0.4, 0.5) is 5.69 Å². The van der Waals surface area contributed by atoms with E-state index in [0.717, 1.165) is 29.7 Å². The third-order valence-corrected chi connectivity index (χ3v) is 5.73. The van der Waals surface area contributed by atoms with Gasteiger partial charge in [0.25, 0.3) is 5.91 Å². The molecule has 2 N–H and O–H groups in total. The summed E-state index contributed by atoms with van der Waals surface area (Å²) in [5.74, 6) is 0.716. The normalized spacial score (nSPS) is 11.6. The number of carbonyl (C=O) groups excluding carboxylic acids is 1. The second-order valence-corrected chi connectivity index (χ2v) is 8.51.